The molecule has 0 saturated carbocycles. The van der Waals surface area contributed by atoms with Gasteiger partial charge >= 0.3 is 0 Å². The molecule has 118 valence electrons. The largest absolute Gasteiger partial charge is 0.294 e. The zero-order valence-corrected chi connectivity index (χ0v) is 13.6. The molecule has 0 aliphatic heterocycles. The number of halogens is 1. The third-order valence-corrected chi connectivity index (χ3v) is 4.13. The number of hydrogen-bond donors (Lipinski definition) is 1. The van der Waals surface area contributed by atoms with Gasteiger partial charge in [-0.3, -0.25) is 14.9 Å². The van der Waals surface area contributed by atoms with Crippen LogP contribution in [0.25, 0.3) is 0 Å². The molecular formula is C17H16ClN3O2. The van der Waals surface area contributed by atoms with Gasteiger partial charge in [0.2, 0.25) is 5.95 Å². The Kier molecular flexibility index (Phi) is 3.90. The van der Waals surface area contributed by atoms with Gasteiger partial charge < -0.3 is 0 Å². The number of carbonyl (C=O) groups is 2. The fourth-order valence-corrected chi connectivity index (χ4v) is 2.93. The highest BCUT2D eigenvalue weighted by molar-refractivity contribution is 6.34. The molecule has 23 heavy (non-hydrogen) atoms. The second-order valence-electron chi connectivity index (χ2n) is 6.43. The van der Waals surface area contributed by atoms with Gasteiger partial charge in [-0.15, -0.1) is 0 Å². The van der Waals surface area contributed by atoms with E-state index in [0.29, 0.717) is 34.7 Å². The second kappa shape index (κ2) is 5.74. The number of carbonyl (C=O) groups excluding carboxylic acids is 2. The molecule has 6 heteroatoms. The number of amides is 1. The Balaban J connectivity index is 1.87. The van der Waals surface area contributed by atoms with E-state index in [0.717, 1.165) is 0 Å². The summed E-state index contributed by atoms with van der Waals surface area (Å²) in [6.07, 6.45) is 2.64. The molecule has 0 spiro atoms. The lowest BCUT2D eigenvalue weighted by Gasteiger charge is -2.29. The number of fused-ring (bicyclic) bond motifs is 1. The summed E-state index contributed by atoms with van der Waals surface area (Å²) in [5.41, 5.74) is 1.44. The summed E-state index contributed by atoms with van der Waals surface area (Å²) in [5.74, 6) is -0.156. The van der Waals surface area contributed by atoms with Crippen molar-refractivity contribution in [3.05, 3.63) is 52.3 Å². The molecule has 5 nitrogen and oxygen atoms in total. The van der Waals surface area contributed by atoms with Crippen molar-refractivity contribution in [3.63, 3.8) is 0 Å². The van der Waals surface area contributed by atoms with Crippen molar-refractivity contribution in [2.24, 2.45) is 5.41 Å². The van der Waals surface area contributed by atoms with E-state index in [1.807, 2.05) is 13.8 Å². The summed E-state index contributed by atoms with van der Waals surface area (Å²) in [6, 6.07) is 6.76. The van der Waals surface area contributed by atoms with Gasteiger partial charge in [0.1, 0.15) is 0 Å². The Labute approximate surface area is 139 Å². The summed E-state index contributed by atoms with van der Waals surface area (Å²) >= 11 is 6.01. The average molecular weight is 330 g/mol. The molecule has 1 aromatic heterocycles. The van der Waals surface area contributed by atoms with Crippen LogP contribution in [0.3, 0.4) is 0 Å². The minimum Gasteiger partial charge on any atom is -0.294 e. The number of aromatic nitrogens is 2. The van der Waals surface area contributed by atoms with Gasteiger partial charge in [0.05, 0.1) is 21.8 Å². The van der Waals surface area contributed by atoms with Crippen LogP contribution >= 0.6 is 11.6 Å². The van der Waals surface area contributed by atoms with Gasteiger partial charge in [0, 0.05) is 12.6 Å². The minimum absolute atomic E-state index is 0.0419. The average Bonchev–Trinajstić information content (AvgIpc) is 2.45. The van der Waals surface area contributed by atoms with Gasteiger partial charge in [-0.05, 0) is 24.0 Å². The van der Waals surface area contributed by atoms with Crippen LogP contribution in [-0.2, 0) is 6.42 Å². The highest BCUT2D eigenvalue weighted by Gasteiger charge is 2.32. The third-order valence-electron chi connectivity index (χ3n) is 3.80. The molecule has 1 aromatic carbocycles. The number of nitrogens with zero attached hydrogens (tertiary/aromatic N) is 2. The summed E-state index contributed by atoms with van der Waals surface area (Å²) in [6.45, 7) is 4.05. The van der Waals surface area contributed by atoms with Crippen LogP contribution in [0.15, 0.2) is 30.5 Å². The van der Waals surface area contributed by atoms with E-state index in [1.165, 1.54) is 6.20 Å². The normalized spacial score (nSPS) is 15.9. The van der Waals surface area contributed by atoms with E-state index in [-0.39, 0.29) is 23.1 Å². The maximum atomic E-state index is 12.3. The molecule has 0 atom stereocenters. The Morgan fingerprint density at radius 3 is 2.74 bits per heavy atom. The molecule has 1 aliphatic carbocycles. The predicted molar refractivity (Wildman–Crippen MR) is 87.9 cm³/mol. The van der Waals surface area contributed by atoms with Gasteiger partial charge in [-0.25, -0.2) is 9.97 Å². The van der Waals surface area contributed by atoms with E-state index < -0.39 is 0 Å². The number of rotatable bonds is 2. The second-order valence-corrected chi connectivity index (χ2v) is 6.84. The molecule has 0 radical (unpaired) electrons. The SMILES string of the molecule is CC1(C)CC(=O)c2cnc(NC(=O)c3ccccc3Cl)nc2C1. The van der Waals surface area contributed by atoms with Crippen molar-refractivity contribution in [2.75, 3.05) is 5.32 Å². The van der Waals surface area contributed by atoms with Crippen molar-refractivity contribution < 1.29 is 9.59 Å². The molecule has 0 saturated heterocycles. The number of Topliss-reactive ketones (excluding diaryl/α,β-unsaturated/α-hetero) is 1. The van der Waals surface area contributed by atoms with Crippen molar-refractivity contribution in [2.45, 2.75) is 26.7 Å². The monoisotopic (exact) mass is 329 g/mol. The first-order chi connectivity index (χ1) is 10.9. The molecular weight excluding hydrogens is 314 g/mol. The molecule has 2 aromatic rings. The molecule has 0 fully saturated rings. The van der Waals surface area contributed by atoms with E-state index in [2.05, 4.69) is 15.3 Å². The van der Waals surface area contributed by atoms with Crippen LogP contribution in [-0.4, -0.2) is 21.7 Å². The number of anilines is 1. The zero-order chi connectivity index (χ0) is 16.6. The number of benzene rings is 1. The zero-order valence-electron chi connectivity index (χ0n) is 12.9. The van der Waals surface area contributed by atoms with Crippen LogP contribution in [0.4, 0.5) is 5.95 Å². The first-order valence-corrected chi connectivity index (χ1v) is 7.68. The molecule has 1 N–H and O–H groups in total. The Bertz CT molecular complexity index is 802. The number of hydrogen-bond acceptors (Lipinski definition) is 4. The van der Waals surface area contributed by atoms with Gasteiger partial charge in [-0.1, -0.05) is 37.6 Å². The fourth-order valence-electron chi connectivity index (χ4n) is 2.70. The molecule has 0 unspecified atom stereocenters. The minimum atomic E-state index is -0.378. The van der Waals surface area contributed by atoms with Gasteiger partial charge in [0.15, 0.2) is 5.78 Å². The van der Waals surface area contributed by atoms with E-state index in [4.69, 9.17) is 11.6 Å². The van der Waals surface area contributed by atoms with Crippen molar-refractivity contribution in [1.29, 1.82) is 0 Å². The first-order valence-electron chi connectivity index (χ1n) is 7.31. The van der Waals surface area contributed by atoms with Crippen LogP contribution in [0, 0.1) is 5.41 Å². The van der Waals surface area contributed by atoms with E-state index in [1.54, 1.807) is 24.3 Å². The lowest BCUT2D eigenvalue weighted by atomic mass is 9.76. The van der Waals surface area contributed by atoms with E-state index >= 15 is 0 Å². The predicted octanol–water partition coefficient (Wildman–Crippen LogP) is 3.54. The van der Waals surface area contributed by atoms with Gasteiger partial charge in [-0.2, -0.15) is 0 Å². The lowest BCUT2D eigenvalue weighted by molar-refractivity contribution is 0.0909. The lowest BCUT2D eigenvalue weighted by Crippen LogP contribution is -2.28. The van der Waals surface area contributed by atoms with Crippen LogP contribution < -0.4 is 5.32 Å². The maximum Gasteiger partial charge on any atom is 0.259 e. The molecule has 1 amide bonds. The molecule has 1 heterocycles. The summed E-state index contributed by atoms with van der Waals surface area (Å²) in [4.78, 5) is 32.8. The Morgan fingerprint density at radius 1 is 1.26 bits per heavy atom. The fraction of sp³-hybridized carbons (Fsp3) is 0.294. The van der Waals surface area contributed by atoms with Crippen molar-refractivity contribution >= 4 is 29.2 Å². The summed E-state index contributed by atoms with van der Waals surface area (Å²) in [5, 5.41) is 2.99. The smallest absolute Gasteiger partial charge is 0.259 e. The highest BCUT2D eigenvalue weighted by atomic mass is 35.5. The number of nitrogens with one attached hydrogen (secondary N) is 1. The quantitative estimate of drug-likeness (QED) is 0.914. The Morgan fingerprint density at radius 2 is 2.00 bits per heavy atom. The molecule has 0 bridgehead atoms. The van der Waals surface area contributed by atoms with Crippen molar-refractivity contribution in [1.82, 2.24) is 9.97 Å². The first kappa shape index (κ1) is 15.6. The van der Waals surface area contributed by atoms with Crippen molar-refractivity contribution in [3.8, 4) is 0 Å². The van der Waals surface area contributed by atoms with Gasteiger partial charge in [0.25, 0.3) is 5.91 Å². The molecule has 1 aliphatic rings. The third kappa shape index (κ3) is 3.24. The summed E-state index contributed by atoms with van der Waals surface area (Å²) in [7, 11) is 0. The highest BCUT2D eigenvalue weighted by Crippen LogP contribution is 2.33. The van der Waals surface area contributed by atoms with Crippen LogP contribution in [0.2, 0.25) is 5.02 Å². The number of ketones is 1. The summed E-state index contributed by atoms with van der Waals surface area (Å²) < 4.78 is 0. The van der Waals surface area contributed by atoms with Crippen LogP contribution in [0.5, 0.6) is 0 Å². The van der Waals surface area contributed by atoms with Crippen LogP contribution in [0.1, 0.15) is 46.7 Å². The Hall–Kier alpha value is -2.27. The maximum absolute atomic E-state index is 12.3. The topological polar surface area (TPSA) is 72.0 Å². The standard InChI is InChI=1S/C17H16ClN3O2/c1-17(2)7-13-11(14(22)8-17)9-19-16(20-13)21-15(23)10-5-3-4-6-12(10)18/h3-6,9H,7-8H2,1-2H3,(H,19,20,21,23). The van der Waals surface area contributed by atoms with E-state index in [9.17, 15) is 9.59 Å². The molecule has 3 rings (SSSR count).